The normalized spacial score (nSPS) is 28.1. The van der Waals surface area contributed by atoms with Crippen LogP contribution in [0.25, 0.3) is 0 Å². The summed E-state index contributed by atoms with van der Waals surface area (Å²) in [6.07, 6.45) is -0.408. The second-order valence-electron chi connectivity index (χ2n) is 5.20. The first-order valence-electron chi connectivity index (χ1n) is 6.45. The molecule has 3 rings (SSSR count). The number of ether oxygens (including phenoxy) is 1. The molecule has 6 heteroatoms. The van der Waals surface area contributed by atoms with Gasteiger partial charge in [0.1, 0.15) is 5.75 Å². The van der Waals surface area contributed by atoms with Crippen LogP contribution in [0.1, 0.15) is 12.0 Å². The molecule has 1 amide bonds. The molecule has 2 unspecified atom stereocenters. The Bertz CT molecular complexity index is 551. The van der Waals surface area contributed by atoms with Gasteiger partial charge in [0, 0.05) is 19.4 Å². The van der Waals surface area contributed by atoms with Crippen LogP contribution in [0.3, 0.4) is 0 Å². The number of carboxylic acids is 1. The maximum Gasteiger partial charge on any atom is 0.343 e. The van der Waals surface area contributed by atoms with Crippen LogP contribution in [0, 0.1) is 0 Å². The summed E-state index contributed by atoms with van der Waals surface area (Å²) in [5.74, 6) is -1.19. The summed E-state index contributed by atoms with van der Waals surface area (Å²) >= 11 is 0. The average Bonchev–Trinajstić information content (AvgIpc) is 3.02. The topological polar surface area (TPSA) is 66.8 Å². The summed E-state index contributed by atoms with van der Waals surface area (Å²) in [6.45, 7) is -0.296. The van der Waals surface area contributed by atoms with Gasteiger partial charge in [-0.3, -0.25) is 4.79 Å². The van der Waals surface area contributed by atoms with E-state index in [-0.39, 0.29) is 18.9 Å². The molecule has 20 heavy (non-hydrogen) atoms. The lowest BCUT2D eigenvalue weighted by Crippen LogP contribution is -2.43. The smallest absolute Gasteiger partial charge is 0.343 e. The van der Waals surface area contributed by atoms with E-state index in [0.717, 1.165) is 5.56 Å². The van der Waals surface area contributed by atoms with Gasteiger partial charge in [-0.1, -0.05) is 18.2 Å². The van der Waals surface area contributed by atoms with Crippen LogP contribution in [-0.4, -0.2) is 46.7 Å². The number of hydrogen-bond acceptors (Lipinski definition) is 3. The number of carbonyl (C=O) groups is 2. The number of likely N-dealkylation sites (tertiary alicyclic amines) is 1. The summed E-state index contributed by atoms with van der Waals surface area (Å²) in [4.78, 5) is 24.4. The number of alkyl halides is 1. The molecule has 106 valence electrons. The van der Waals surface area contributed by atoms with E-state index in [1.54, 1.807) is 6.07 Å². The van der Waals surface area contributed by atoms with E-state index in [4.69, 9.17) is 9.84 Å². The largest absolute Gasteiger partial charge is 0.480 e. The van der Waals surface area contributed by atoms with Gasteiger partial charge in [0.05, 0.1) is 6.54 Å². The Morgan fingerprint density at radius 1 is 1.40 bits per heavy atom. The van der Waals surface area contributed by atoms with E-state index in [0.29, 0.717) is 12.2 Å². The van der Waals surface area contributed by atoms with Gasteiger partial charge in [0.25, 0.3) is 5.91 Å². The Hall–Kier alpha value is -2.11. The van der Waals surface area contributed by atoms with E-state index in [9.17, 15) is 14.0 Å². The molecule has 0 bridgehead atoms. The number of carbonyl (C=O) groups excluding carboxylic acids is 1. The van der Waals surface area contributed by atoms with Crippen molar-refractivity contribution in [2.24, 2.45) is 0 Å². The van der Waals surface area contributed by atoms with E-state index >= 15 is 0 Å². The number of carboxylic acid groups (broad SMARTS) is 1. The summed E-state index contributed by atoms with van der Waals surface area (Å²) in [5, 5.41) is 8.84. The van der Waals surface area contributed by atoms with E-state index in [1.165, 1.54) is 4.90 Å². The minimum Gasteiger partial charge on any atom is -0.480 e. The van der Waals surface area contributed by atoms with Crippen molar-refractivity contribution in [2.75, 3.05) is 13.1 Å². The number of fused-ring (bicyclic) bond motifs is 1. The zero-order valence-corrected chi connectivity index (χ0v) is 10.7. The molecule has 2 atom stereocenters. The van der Waals surface area contributed by atoms with Crippen LogP contribution in [0.5, 0.6) is 5.75 Å². The Morgan fingerprint density at radius 3 is 2.80 bits per heavy atom. The standard InChI is InChI=1S/C14H14FNO4/c15-14(13(18)19)5-6-16(8-14)12(17)11-7-9-3-1-2-4-10(9)20-11/h1-4,11H,5-8H2,(H,18,19). The fourth-order valence-electron chi connectivity index (χ4n) is 2.66. The summed E-state index contributed by atoms with van der Waals surface area (Å²) < 4.78 is 19.5. The first kappa shape index (κ1) is 12.9. The van der Waals surface area contributed by atoms with Gasteiger partial charge < -0.3 is 14.7 Å². The van der Waals surface area contributed by atoms with Crippen LogP contribution >= 0.6 is 0 Å². The molecule has 0 radical (unpaired) electrons. The quantitative estimate of drug-likeness (QED) is 0.877. The van der Waals surface area contributed by atoms with Crippen molar-refractivity contribution in [2.45, 2.75) is 24.6 Å². The highest BCUT2D eigenvalue weighted by molar-refractivity contribution is 5.85. The summed E-state index contributed by atoms with van der Waals surface area (Å²) in [6, 6.07) is 7.34. The number of rotatable bonds is 2. The van der Waals surface area contributed by atoms with Crippen molar-refractivity contribution in [1.82, 2.24) is 4.90 Å². The molecule has 1 N–H and O–H groups in total. The van der Waals surface area contributed by atoms with Gasteiger partial charge in [0.2, 0.25) is 5.67 Å². The molecule has 0 aromatic heterocycles. The molecule has 5 nitrogen and oxygen atoms in total. The molecule has 0 spiro atoms. The minimum atomic E-state index is -2.33. The van der Waals surface area contributed by atoms with Gasteiger partial charge >= 0.3 is 5.97 Å². The van der Waals surface area contributed by atoms with E-state index in [1.807, 2.05) is 18.2 Å². The highest BCUT2D eigenvalue weighted by Crippen LogP contribution is 2.31. The molecule has 0 aliphatic carbocycles. The second kappa shape index (κ2) is 4.47. The van der Waals surface area contributed by atoms with Gasteiger partial charge in [-0.15, -0.1) is 0 Å². The Kier molecular flexibility index (Phi) is 2.88. The molecular formula is C14H14FNO4. The molecule has 2 aliphatic heterocycles. The number of hydrogen-bond donors (Lipinski definition) is 1. The average molecular weight is 279 g/mol. The second-order valence-corrected chi connectivity index (χ2v) is 5.20. The van der Waals surface area contributed by atoms with Crippen molar-refractivity contribution < 1.29 is 23.8 Å². The molecular weight excluding hydrogens is 265 g/mol. The van der Waals surface area contributed by atoms with Gasteiger partial charge in [0.15, 0.2) is 6.10 Å². The number of nitrogens with zero attached hydrogens (tertiary/aromatic N) is 1. The summed E-state index contributed by atoms with van der Waals surface area (Å²) in [7, 11) is 0. The molecule has 1 saturated heterocycles. The lowest BCUT2D eigenvalue weighted by atomic mass is 10.1. The molecule has 0 saturated carbocycles. The molecule has 2 aliphatic rings. The number of benzene rings is 1. The fourth-order valence-corrected chi connectivity index (χ4v) is 2.66. The lowest BCUT2D eigenvalue weighted by molar-refractivity contribution is -0.150. The van der Waals surface area contributed by atoms with Crippen LogP contribution in [-0.2, 0) is 16.0 Å². The first-order valence-corrected chi connectivity index (χ1v) is 6.45. The third-order valence-electron chi connectivity index (χ3n) is 3.84. The molecule has 1 aromatic carbocycles. The highest BCUT2D eigenvalue weighted by Gasteiger charge is 2.48. The van der Waals surface area contributed by atoms with Gasteiger partial charge in [-0.2, -0.15) is 0 Å². The number of aliphatic carboxylic acids is 1. The van der Waals surface area contributed by atoms with Crippen molar-refractivity contribution >= 4 is 11.9 Å². The van der Waals surface area contributed by atoms with Crippen LogP contribution < -0.4 is 4.74 Å². The lowest BCUT2D eigenvalue weighted by Gasteiger charge is -2.20. The van der Waals surface area contributed by atoms with Gasteiger partial charge in [-0.25, -0.2) is 9.18 Å². The molecule has 1 fully saturated rings. The zero-order valence-electron chi connectivity index (χ0n) is 10.7. The van der Waals surface area contributed by atoms with Gasteiger partial charge in [-0.05, 0) is 11.6 Å². The Morgan fingerprint density at radius 2 is 2.15 bits per heavy atom. The SMILES string of the molecule is O=C(C1Cc2ccccc2O1)N1CCC(F)(C(=O)O)C1. The Balaban J connectivity index is 1.69. The van der Waals surface area contributed by atoms with Crippen LogP contribution in [0.4, 0.5) is 4.39 Å². The molecule has 2 heterocycles. The van der Waals surface area contributed by atoms with Crippen LogP contribution in [0.15, 0.2) is 24.3 Å². The van der Waals surface area contributed by atoms with E-state index in [2.05, 4.69) is 0 Å². The maximum atomic E-state index is 14.0. The summed E-state index contributed by atoms with van der Waals surface area (Å²) in [5.41, 5.74) is -1.39. The predicted octanol–water partition coefficient (Wildman–Crippen LogP) is 1.02. The van der Waals surface area contributed by atoms with Crippen molar-refractivity contribution in [3.8, 4) is 5.75 Å². The number of amides is 1. The predicted molar refractivity (Wildman–Crippen MR) is 67.2 cm³/mol. The van der Waals surface area contributed by atoms with Crippen molar-refractivity contribution in [3.63, 3.8) is 0 Å². The van der Waals surface area contributed by atoms with Crippen molar-refractivity contribution in [1.29, 1.82) is 0 Å². The third kappa shape index (κ3) is 2.01. The highest BCUT2D eigenvalue weighted by atomic mass is 19.1. The van der Waals surface area contributed by atoms with Crippen molar-refractivity contribution in [3.05, 3.63) is 29.8 Å². The Labute approximate surface area is 114 Å². The fraction of sp³-hybridized carbons (Fsp3) is 0.429. The zero-order chi connectivity index (χ0) is 14.3. The number of halogens is 1. The first-order chi connectivity index (χ1) is 9.49. The van der Waals surface area contributed by atoms with E-state index < -0.39 is 24.3 Å². The molecule has 1 aromatic rings. The minimum absolute atomic E-state index is 0.109. The monoisotopic (exact) mass is 279 g/mol. The maximum absolute atomic E-state index is 14.0. The number of para-hydroxylation sites is 1. The third-order valence-corrected chi connectivity index (χ3v) is 3.84. The van der Waals surface area contributed by atoms with Crippen LogP contribution in [0.2, 0.25) is 0 Å².